The van der Waals surface area contributed by atoms with E-state index in [2.05, 4.69) is 11.5 Å². The van der Waals surface area contributed by atoms with E-state index in [1.807, 2.05) is 38.2 Å². The summed E-state index contributed by atoms with van der Waals surface area (Å²) in [4.78, 5) is 12.0. The average Bonchev–Trinajstić information content (AvgIpc) is 2.27. The number of hydrogen-bond donors (Lipinski definition) is 0. The zero-order valence-corrected chi connectivity index (χ0v) is 9.37. The topological polar surface area (TPSA) is 22.0 Å². The maximum absolute atomic E-state index is 12.0. The van der Waals surface area contributed by atoms with Crippen molar-refractivity contribution in [2.75, 3.05) is 0 Å². The third kappa shape index (κ3) is 1.37. The Morgan fingerprint density at radius 1 is 1.27 bits per heavy atom. The van der Waals surface area contributed by atoms with Crippen molar-refractivity contribution in [3.8, 4) is 0 Å². The summed E-state index contributed by atoms with van der Waals surface area (Å²) in [7, 11) is 2.02. The van der Waals surface area contributed by atoms with Crippen LogP contribution in [0.5, 0.6) is 0 Å². The van der Waals surface area contributed by atoms with Crippen molar-refractivity contribution in [1.29, 1.82) is 0 Å². The molecule has 0 atom stereocenters. The van der Waals surface area contributed by atoms with Crippen LogP contribution in [0.2, 0.25) is 0 Å². The molecule has 0 saturated heterocycles. The van der Waals surface area contributed by atoms with Crippen LogP contribution in [-0.2, 0) is 13.5 Å². The van der Waals surface area contributed by atoms with Gasteiger partial charge in [-0.1, -0.05) is 19.1 Å². The lowest BCUT2D eigenvalue weighted by atomic mass is 10.1. The van der Waals surface area contributed by atoms with Crippen LogP contribution in [-0.4, -0.2) is 4.57 Å². The van der Waals surface area contributed by atoms with Crippen molar-refractivity contribution in [2.45, 2.75) is 20.3 Å². The Morgan fingerprint density at radius 3 is 2.60 bits per heavy atom. The second kappa shape index (κ2) is 3.54. The predicted octanol–water partition coefficient (Wildman–Crippen LogP) is 2.41. The van der Waals surface area contributed by atoms with Gasteiger partial charge in [0.15, 0.2) is 5.43 Å². The van der Waals surface area contributed by atoms with Crippen LogP contribution in [0.25, 0.3) is 10.9 Å². The van der Waals surface area contributed by atoms with Gasteiger partial charge in [0.1, 0.15) is 0 Å². The molecule has 2 nitrogen and oxygen atoms in total. The molecular formula is C13H15NO. The fourth-order valence-electron chi connectivity index (χ4n) is 2.19. The highest BCUT2D eigenvalue weighted by atomic mass is 16.1. The molecule has 2 aromatic rings. The molecule has 0 fully saturated rings. The first-order valence-corrected chi connectivity index (χ1v) is 5.24. The molecule has 1 heterocycles. The van der Waals surface area contributed by atoms with Gasteiger partial charge in [0, 0.05) is 23.7 Å². The Labute approximate surface area is 89.2 Å². The molecule has 2 heteroatoms. The SMILES string of the molecule is CCc1c(C)c(=O)c2ccccc2n1C. The summed E-state index contributed by atoms with van der Waals surface area (Å²) in [6.45, 7) is 3.99. The average molecular weight is 201 g/mol. The number of aryl methyl sites for hydroxylation is 1. The van der Waals surface area contributed by atoms with Gasteiger partial charge < -0.3 is 4.57 Å². The molecule has 0 aliphatic rings. The van der Waals surface area contributed by atoms with Gasteiger partial charge in [-0.3, -0.25) is 4.79 Å². The molecule has 0 saturated carbocycles. The van der Waals surface area contributed by atoms with Crippen LogP contribution in [0.15, 0.2) is 29.1 Å². The molecule has 0 amide bonds. The minimum absolute atomic E-state index is 0.167. The first kappa shape index (κ1) is 9.97. The summed E-state index contributed by atoms with van der Waals surface area (Å²) in [5.41, 5.74) is 3.18. The predicted molar refractivity (Wildman–Crippen MR) is 63.3 cm³/mol. The second-order valence-electron chi connectivity index (χ2n) is 3.83. The maximum Gasteiger partial charge on any atom is 0.192 e. The van der Waals surface area contributed by atoms with Gasteiger partial charge in [0.25, 0.3) is 0 Å². The summed E-state index contributed by atoms with van der Waals surface area (Å²) < 4.78 is 2.12. The third-order valence-electron chi connectivity index (χ3n) is 3.02. The van der Waals surface area contributed by atoms with Crippen LogP contribution in [0.3, 0.4) is 0 Å². The van der Waals surface area contributed by atoms with Crippen molar-refractivity contribution in [3.05, 3.63) is 45.7 Å². The monoisotopic (exact) mass is 201 g/mol. The molecule has 0 aliphatic carbocycles. The summed E-state index contributed by atoms with van der Waals surface area (Å²) in [6, 6.07) is 7.77. The molecule has 0 unspecified atom stereocenters. The normalized spacial score (nSPS) is 10.9. The second-order valence-corrected chi connectivity index (χ2v) is 3.83. The van der Waals surface area contributed by atoms with Gasteiger partial charge in [-0.15, -0.1) is 0 Å². The lowest BCUT2D eigenvalue weighted by Crippen LogP contribution is -2.16. The van der Waals surface area contributed by atoms with E-state index in [1.165, 1.54) is 0 Å². The number of rotatable bonds is 1. The van der Waals surface area contributed by atoms with Crippen molar-refractivity contribution < 1.29 is 0 Å². The van der Waals surface area contributed by atoms with Crippen molar-refractivity contribution in [1.82, 2.24) is 4.57 Å². The van der Waals surface area contributed by atoms with Crippen LogP contribution < -0.4 is 5.43 Å². The number of nitrogens with zero attached hydrogens (tertiary/aromatic N) is 1. The van der Waals surface area contributed by atoms with E-state index in [9.17, 15) is 4.79 Å². The zero-order chi connectivity index (χ0) is 11.0. The number of aromatic nitrogens is 1. The van der Waals surface area contributed by atoms with Crippen LogP contribution in [0, 0.1) is 6.92 Å². The van der Waals surface area contributed by atoms with E-state index in [0.717, 1.165) is 28.6 Å². The Kier molecular flexibility index (Phi) is 2.35. The fourth-order valence-corrected chi connectivity index (χ4v) is 2.19. The van der Waals surface area contributed by atoms with Crippen LogP contribution >= 0.6 is 0 Å². The highest BCUT2D eigenvalue weighted by Crippen LogP contribution is 2.14. The summed E-state index contributed by atoms with van der Waals surface area (Å²) in [5, 5.41) is 0.815. The Balaban J connectivity index is 3.03. The highest BCUT2D eigenvalue weighted by molar-refractivity contribution is 5.80. The largest absolute Gasteiger partial charge is 0.347 e. The van der Waals surface area contributed by atoms with Crippen LogP contribution in [0.4, 0.5) is 0 Å². The van der Waals surface area contributed by atoms with Crippen molar-refractivity contribution in [2.24, 2.45) is 7.05 Å². The molecule has 0 aliphatic heterocycles. The number of fused-ring (bicyclic) bond motifs is 1. The van der Waals surface area contributed by atoms with Crippen LogP contribution in [0.1, 0.15) is 18.2 Å². The smallest absolute Gasteiger partial charge is 0.192 e. The molecule has 2 rings (SSSR count). The van der Waals surface area contributed by atoms with Gasteiger partial charge in [-0.05, 0) is 25.5 Å². The molecule has 1 aromatic carbocycles. The third-order valence-corrected chi connectivity index (χ3v) is 3.02. The maximum atomic E-state index is 12.0. The number of pyridine rings is 1. The minimum Gasteiger partial charge on any atom is -0.347 e. The van der Waals surface area contributed by atoms with E-state index in [1.54, 1.807) is 0 Å². The summed E-state index contributed by atoms with van der Waals surface area (Å²) >= 11 is 0. The summed E-state index contributed by atoms with van der Waals surface area (Å²) in [5.74, 6) is 0. The molecule has 0 N–H and O–H groups in total. The standard InChI is InChI=1S/C13H15NO/c1-4-11-9(2)13(15)10-7-5-6-8-12(10)14(11)3/h5-8H,4H2,1-3H3. The lowest BCUT2D eigenvalue weighted by molar-refractivity contribution is 0.833. The first-order chi connectivity index (χ1) is 7.16. The molecule has 1 aromatic heterocycles. The van der Waals surface area contributed by atoms with E-state index in [-0.39, 0.29) is 5.43 Å². The van der Waals surface area contributed by atoms with Crippen molar-refractivity contribution in [3.63, 3.8) is 0 Å². The summed E-state index contributed by atoms with van der Waals surface area (Å²) in [6.07, 6.45) is 0.891. The van der Waals surface area contributed by atoms with Crippen molar-refractivity contribution >= 4 is 10.9 Å². The highest BCUT2D eigenvalue weighted by Gasteiger charge is 2.09. The molecule has 0 radical (unpaired) electrons. The number of benzene rings is 1. The molecule has 78 valence electrons. The Bertz CT molecular complexity index is 566. The van der Waals surface area contributed by atoms with Gasteiger partial charge in [-0.25, -0.2) is 0 Å². The quantitative estimate of drug-likeness (QED) is 0.694. The molecule has 0 bridgehead atoms. The van der Waals surface area contributed by atoms with E-state index in [4.69, 9.17) is 0 Å². The number of para-hydroxylation sites is 1. The van der Waals surface area contributed by atoms with Gasteiger partial charge in [0.2, 0.25) is 0 Å². The van der Waals surface area contributed by atoms with Gasteiger partial charge >= 0.3 is 0 Å². The minimum atomic E-state index is 0.167. The van der Waals surface area contributed by atoms with Gasteiger partial charge in [0.05, 0.1) is 5.52 Å². The lowest BCUT2D eigenvalue weighted by Gasteiger charge is -2.13. The Morgan fingerprint density at radius 2 is 1.93 bits per heavy atom. The Hall–Kier alpha value is -1.57. The number of hydrogen-bond acceptors (Lipinski definition) is 1. The molecular weight excluding hydrogens is 186 g/mol. The van der Waals surface area contributed by atoms with E-state index in [0.29, 0.717) is 0 Å². The first-order valence-electron chi connectivity index (χ1n) is 5.24. The fraction of sp³-hybridized carbons (Fsp3) is 0.308. The zero-order valence-electron chi connectivity index (χ0n) is 9.37. The molecule has 15 heavy (non-hydrogen) atoms. The van der Waals surface area contributed by atoms with Gasteiger partial charge in [-0.2, -0.15) is 0 Å². The van der Waals surface area contributed by atoms with E-state index >= 15 is 0 Å². The molecule has 0 spiro atoms. The van der Waals surface area contributed by atoms with E-state index < -0.39 is 0 Å².